The van der Waals surface area contributed by atoms with Gasteiger partial charge in [0.25, 0.3) is 5.91 Å². The van der Waals surface area contributed by atoms with Crippen molar-refractivity contribution in [2.24, 2.45) is 0 Å². The molecule has 0 N–H and O–H groups in total. The topological polar surface area (TPSA) is 106 Å². The van der Waals surface area contributed by atoms with Crippen molar-refractivity contribution in [3.05, 3.63) is 99.1 Å². The number of nitrogens with zero attached hydrogens (tertiary/aromatic N) is 5. The molecular formula is C30H24ClF2N5O4. The first-order valence-corrected chi connectivity index (χ1v) is 12.9. The molecule has 2 aliphatic heterocycles. The van der Waals surface area contributed by atoms with E-state index >= 15 is 0 Å². The number of rotatable bonds is 5. The van der Waals surface area contributed by atoms with Gasteiger partial charge in [-0.05, 0) is 51.5 Å². The van der Waals surface area contributed by atoms with Gasteiger partial charge in [-0.2, -0.15) is 0 Å². The van der Waals surface area contributed by atoms with Crippen molar-refractivity contribution < 1.29 is 30.6 Å². The number of aryl methyl sites for hydroxylation is 1. The van der Waals surface area contributed by atoms with E-state index < -0.39 is 41.2 Å². The van der Waals surface area contributed by atoms with E-state index in [0.717, 1.165) is 4.90 Å². The van der Waals surface area contributed by atoms with Crippen molar-refractivity contribution in [3.8, 4) is 11.4 Å². The van der Waals surface area contributed by atoms with E-state index in [9.17, 15) is 23.2 Å². The van der Waals surface area contributed by atoms with Crippen molar-refractivity contribution in [2.45, 2.75) is 46.7 Å². The van der Waals surface area contributed by atoms with Crippen molar-refractivity contribution in [1.29, 1.82) is 0 Å². The molecule has 12 heteroatoms. The first kappa shape index (κ1) is 26.2. The van der Waals surface area contributed by atoms with Gasteiger partial charge >= 0.3 is 0 Å². The third kappa shape index (κ3) is 4.76. The molecule has 5 heterocycles. The first-order valence-electron chi connectivity index (χ1n) is 13.6. The lowest BCUT2D eigenvalue weighted by atomic mass is 9.98. The molecule has 0 aromatic carbocycles. The van der Waals surface area contributed by atoms with Crippen LogP contribution in [0.4, 0.5) is 14.5 Å². The van der Waals surface area contributed by atoms with E-state index in [1.807, 2.05) is 0 Å². The van der Waals surface area contributed by atoms with Crippen molar-refractivity contribution in [3.63, 3.8) is 0 Å². The largest absolute Gasteiger partial charge is 0.485 e. The summed E-state index contributed by atoms with van der Waals surface area (Å²) in [6.45, 7) is 5.23. The molecule has 0 atom stereocenters. The highest BCUT2D eigenvalue weighted by atomic mass is 35.5. The molecule has 0 saturated carbocycles. The van der Waals surface area contributed by atoms with Crippen LogP contribution >= 0.6 is 11.6 Å². The van der Waals surface area contributed by atoms with Gasteiger partial charge in [0.05, 0.1) is 42.8 Å². The van der Waals surface area contributed by atoms with Gasteiger partial charge in [0.2, 0.25) is 5.91 Å². The minimum absolute atomic E-state index is 0.226. The lowest BCUT2D eigenvalue weighted by Gasteiger charge is -2.31. The minimum atomic E-state index is -2.88. The third-order valence-electron chi connectivity index (χ3n) is 6.86. The highest BCUT2D eigenvalue weighted by Crippen LogP contribution is 2.41. The number of allylic oxidation sites excluding steroid dienone is 3. The number of anilines is 1. The van der Waals surface area contributed by atoms with Crippen LogP contribution in [0.15, 0.2) is 64.9 Å². The molecule has 0 aliphatic carbocycles. The highest BCUT2D eigenvalue weighted by Gasteiger charge is 2.46. The Kier molecular flexibility index (Phi) is 6.60. The van der Waals surface area contributed by atoms with Gasteiger partial charge in [-0.3, -0.25) is 24.5 Å². The quantitative estimate of drug-likeness (QED) is 0.359. The van der Waals surface area contributed by atoms with Crippen LogP contribution < -0.4 is 4.90 Å². The minimum Gasteiger partial charge on any atom is -0.485 e. The van der Waals surface area contributed by atoms with Crippen LogP contribution in [-0.2, 0) is 26.4 Å². The smallest absolute Gasteiger partial charge is 0.263 e. The summed E-state index contributed by atoms with van der Waals surface area (Å²) in [4.78, 5) is 52.6. The van der Waals surface area contributed by atoms with Crippen LogP contribution in [0.1, 0.15) is 57.7 Å². The Hall–Kier alpha value is -4.73. The summed E-state index contributed by atoms with van der Waals surface area (Å²) < 4.78 is 49.4. The molecular weight excluding hydrogens is 568 g/mol. The van der Waals surface area contributed by atoms with E-state index in [4.69, 9.17) is 24.1 Å². The Morgan fingerprint density at radius 3 is 2.57 bits per heavy atom. The number of hydrogen-bond donors (Lipinski definition) is 0. The van der Waals surface area contributed by atoms with Gasteiger partial charge in [-0.1, -0.05) is 11.6 Å². The standard InChI is InChI=1S/C30H24ClF2N5O4/c1-15-11-34-22(21-7-6-19-28(36-21)30(4,5)38(17(3)40)29(19)41)10-24(15)37-16(2)8-26(27(31)25(37)13-39)42-14-23-20(33)9-18(32)12-35-23/h6-12H,14H2,1-5H3/i14D2. The second-order valence-corrected chi connectivity index (χ2v) is 10.5. The van der Waals surface area contributed by atoms with E-state index in [2.05, 4.69) is 9.97 Å². The predicted octanol–water partition coefficient (Wildman–Crippen LogP) is 5.47. The Labute approximate surface area is 247 Å². The number of fused-ring (bicyclic) bond motifs is 1. The molecule has 0 spiro atoms. The second kappa shape index (κ2) is 10.6. The number of aromatic nitrogens is 3. The molecule has 214 valence electrons. The Morgan fingerprint density at radius 2 is 1.90 bits per heavy atom. The van der Waals surface area contributed by atoms with Crippen LogP contribution in [0.3, 0.4) is 0 Å². The summed E-state index contributed by atoms with van der Waals surface area (Å²) in [6.07, 6.45) is 3.55. The summed E-state index contributed by atoms with van der Waals surface area (Å²) in [6, 6.07) is 5.32. The number of amides is 2. The van der Waals surface area contributed by atoms with Gasteiger partial charge in [0.1, 0.15) is 28.9 Å². The molecule has 42 heavy (non-hydrogen) atoms. The van der Waals surface area contributed by atoms with Gasteiger partial charge in [-0.15, -0.1) is 0 Å². The Balaban J connectivity index is 1.53. The summed E-state index contributed by atoms with van der Waals surface area (Å²) in [5.74, 6) is -1.64. The zero-order chi connectivity index (χ0) is 32.3. The van der Waals surface area contributed by atoms with E-state index in [1.165, 1.54) is 17.9 Å². The van der Waals surface area contributed by atoms with E-state index in [-0.39, 0.29) is 16.5 Å². The molecule has 5 rings (SSSR count). The van der Waals surface area contributed by atoms with Crippen molar-refractivity contribution >= 4 is 35.0 Å². The fraction of sp³-hybridized carbons (Fsp3) is 0.233. The van der Waals surface area contributed by atoms with Crippen molar-refractivity contribution in [1.82, 2.24) is 19.9 Å². The number of ether oxygens (including phenoxy) is 1. The molecule has 3 aromatic heterocycles. The molecule has 2 amide bonds. The molecule has 2 aliphatic rings. The SMILES string of the molecule is [2H]C([2H])(OC1=C(Cl)C(=C=O)N(c2cc(-c3ccc4c(n3)C(C)(C)N(C(C)=O)C4=O)ncc2C)C(C)=C1)c1ncc(F)cc1F. The zero-order valence-corrected chi connectivity index (χ0v) is 23.8. The zero-order valence-electron chi connectivity index (χ0n) is 25.0. The molecule has 3 aromatic rings. The van der Waals surface area contributed by atoms with Crippen LogP contribution in [-0.4, -0.2) is 37.6 Å². The lowest BCUT2D eigenvalue weighted by Crippen LogP contribution is -2.42. The van der Waals surface area contributed by atoms with Crippen LogP contribution in [0.5, 0.6) is 0 Å². The predicted molar refractivity (Wildman–Crippen MR) is 149 cm³/mol. The number of hydrogen-bond acceptors (Lipinski definition) is 8. The number of pyridine rings is 3. The number of imide groups is 1. The summed E-state index contributed by atoms with van der Waals surface area (Å²) in [5.41, 5.74) is 0.909. The Bertz CT molecular complexity index is 1890. The molecule has 0 fully saturated rings. The van der Waals surface area contributed by atoms with Gasteiger partial charge in [0, 0.05) is 31.0 Å². The molecule has 0 bridgehead atoms. The number of halogens is 3. The van der Waals surface area contributed by atoms with Gasteiger partial charge in [-0.25, -0.2) is 18.6 Å². The van der Waals surface area contributed by atoms with Crippen LogP contribution in [0.25, 0.3) is 11.4 Å². The maximum absolute atomic E-state index is 14.3. The van der Waals surface area contributed by atoms with Crippen LogP contribution in [0, 0.1) is 18.6 Å². The maximum Gasteiger partial charge on any atom is 0.263 e. The Morgan fingerprint density at radius 1 is 1.17 bits per heavy atom. The average molecular weight is 594 g/mol. The monoisotopic (exact) mass is 593 g/mol. The molecule has 9 nitrogen and oxygen atoms in total. The van der Waals surface area contributed by atoms with Crippen LogP contribution in [0.2, 0.25) is 0 Å². The second-order valence-electron chi connectivity index (χ2n) is 10.1. The lowest BCUT2D eigenvalue weighted by molar-refractivity contribution is -0.130. The highest BCUT2D eigenvalue weighted by molar-refractivity contribution is 6.33. The molecule has 0 unspecified atom stereocenters. The summed E-state index contributed by atoms with van der Waals surface area (Å²) >= 11 is 6.51. The summed E-state index contributed by atoms with van der Waals surface area (Å²) in [7, 11) is 0. The van der Waals surface area contributed by atoms with Gasteiger partial charge < -0.3 is 9.64 Å². The fourth-order valence-electron chi connectivity index (χ4n) is 4.93. The van der Waals surface area contributed by atoms with E-state index in [0.29, 0.717) is 51.9 Å². The number of carbonyl (C=O) groups is 2. The number of carbonyl (C=O) groups excluding carboxylic acids is 3. The molecule has 0 radical (unpaired) electrons. The first-order chi connectivity index (χ1) is 20.6. The normalized spacial score (nSPS) is 17.0. The van der Waals surface area contributed by atoms with E-state index in [1.54, 1.807) is 58.0 Å². The maximum atomic E-state index is 14.3. The summed E-state index contributed by atoms with van der Waals surface area (Å²) in [5, 5.41) is -0.324. The fourth-order valence-corrected chi connectivity index (χ4v) is 5.14. The average Bonchev–Trinajstić information content (AvgIpc) is 3.14. The van der Waals surface area contributed by atoms with Gasteiger partial charge in [0.15, 0.2) is 17.5 Å². The third-order valence-corrected chi connectivity index (χ3v) is 7.23. The van der Waals surface area contributed by atoms with Crippen molar-refractivity contribution in [2.75, 3.05) is 4.90 Å². The molecule has 0 saturated heterocycles.